The van der Waals surface area contributed by atoms with E-state index in [9.17, 15) is 4.39 Å². The number of hydrogen-bond donors (Lipinski definition) is 1. The Labute approximate surface area is 158 Å². The maximum Gasteiger partial charge on any atom is 0.227 e. The average molecular weight is 372 g/mol. The second-order valence-electron chi connectivity index (χ2n) is 7.07. The summed E-state index contributed by atoms with van der Waals surface area (Å²) in [6.07, 6.45) is 6.97. The Morgan fingerprint density at radius 2 is 2.11 bits per heavy atom. The van der Waals surface area contributed by atoms with Crippen molar-refractivity contribution in [1.29, 1.82) is 0 Å². The number of nitrogens with one attached hydrogen (secondary N) is 1. The van der Waals surface area contributed by atoms with Gasteiger partial charge in [-0.05, 0) is 37.1 Å². The molecule has 8 heteroatoms. The molecule has 2 aromatic rings. The Morgan fingerprint density at radius 3 is 2.96 bits per heavy atom. The molecule has 1 atom stereocenters. The van der Waals surface area contributed by atoms with Crippen LogP contribution in [0.4, 0.5) is 16.2 Å². The van der Waals surface area contributed by atoms with E-state index in [4.69, 9.17) is 4.74 Å². The fourth-order valence-corrected chi connectivity index (χ4v) is 3.67. The molecule has 2 fully saturated rings. The number of ether oxygens (including phenoxy) is 1. The van der Waals surface area contributed by atoms with Gasteiger partial charge in [0.1, 0.15) is 11.6 Å². The zero-order valence-electron chi connectivity index (χ0n) is 15.4. The van der Waals surface area contributed by atoms with E-state index < -0.39 is 0 Å². The van der Waals surface area contributed by atoms with Crippen LogP contribution in [0.3, 0.4) is 0 Å². The zero-order valence-corrected chi connectivity index (χ0v) is 15.4. The predicted molar refractivity (Wildman–Crippen MR) is 101 cm³/mol. The van der Waals surface area contributed by atoms with Crippen LogP contribution in [-0.4, -0.2) is 65.3 Å². The molecule has 144 valence electrons. The lowest BCUT2D eigenvalue weighted by Gasteiger charge is -2.33. The predicted octanol–water partition coefficient (Wildman–Crippen LogP) is 1.92. The molecule has 2 saturated heterocycles. The topological polar surface area (TPSA) is 66.4 Å². The summed E-state index contributed by atoms with van der Waals surface area (Å²) in [4.78, 5) is 17.5. The van der Waals surface area contributed by atoms with Crippen LogP contribution in [0, 0.1) is 5.82 Å². The average Bonchev–Trinajstić information content (AvgIpc) is 2.69. The molecular weight excluding hydrogens is 347 g/mol. The number of pyridine rings is 1. The summed E-state index contributed by atoms with van der Waals surface area (Å²) in [5.41, 5.74) is 0.910. The van der Waals surface area contributed by atoms with Crippen molar-refractivity contribution in [3.8, 4) is 0 Å². The minimum Gasteiger partial charge on any atom is -0.378 e. The summed E-state index contributed by atoms with van der Waals surface area (Å²) < 4.78 is 18.8. The van der Waals surface area contributed by atoms with E-state index in [0.717, 1.165) is 56.4 Å². The van der Waals surface area contributed by atoms with E-state index in [1.165, 1.54) is 6.20 Å². The van der Waals surface area contributed by atoms with Gasteiger partial charge in [-0.25, -0.2) is 9.37 Å². The smallest absolute Gasteiger partial charge is 0.227 e. The summed E-state index contributed by atoms with van der Waals surface area (Å²) in [5.74, 6) is 1.32. The summed E-state index contributed by atoms with van der Waals surface area (Å²) in [7, 11) is 0. The van der Waals surface area contributed by atoms with Crippen molar-refractivity contribution in [3.05, 3.63) is 42.1 Å². The second kappa shape index (κ2) is 8.58. The van der Waals surface area contributed by atoms with Crippen LogP contribution in [0.1, 0.15) is 18.4 Å². The first kappa shape index (κ1) is 18.1. The lowest BCUT2D eigenvalue weighted by Crippen LogP contribution is -2.42. The summed E-state index contributed by atoms with van der Waals surface area (Å²) in [6.45, 7) is 5.70. The Morgan fingerprint density at radius 1 is 1.22 bits per heavy atom. The Hall–Kier alpha value is -2.32. The highest BCUT2D eigenvalue weighted by atomic mass is 19.1. The molecule has 2 aromatic heterocycles. The highest BCUT2D eigenvalue weighted by Crippen LogP contribution is 2.18. The minimum absolute atomic E-state index is 0.282. The third kappa shape index (κ3) is 4.90. The zero-order chi connectivity index (χ0) is 18.5. The molecule has 2 aliphatic heterocycles. The van der Waals surface area contributed by atoms with Crippen molar-refractivity contribution in [2.24, 2.45) is 0 Å². The Balaban J connectivity index is 1.36. The van der Waals surface area contributed by atoms with Gasteiger partial charge in [-0.3, -0.25) is 9.88 Å². The lowest BCUT2D eigenvalue weighted by molar-refractivity contribution is 0.122. The van der Waals surface area contributed by atoms with Crippen LogP contribution >= 0.6 is 0 Å². The van der Waals surface area contributed by atoms with Gasteiger partial charge in [-0.2, -0.15) is 4.98 Å². The molecule has 2 aliphatic rings. The number of nitrogens with zero attached hydrogens (tertiary/aromatic N) is 5. The van der Waals surface area contributed by atoms with E-state index in [-0.39, 0.29) is 5.82 Å². The molecule has 4 heterocycles. The molecule has 0 spiro atoms. The van der Waals surface area contributed by atoms with Gasteiger partial charge in [-0.15, -0.1) is 0 Å². The van der Waals surface area contributed by atoms with Crippen LogP contribution in [-0.2, 0) is 11.3 Å². The van der Waals surface area contributed by atoms with Gasteiger partial charge >= 0.3 is 0 Å². The first-order chi connectivity index (χ1) is 13.3. The van der Waals surface area contributed by atoms with Gasteiger partial charge < -0.3 is 15.0 Å². The molecule has 0 aliphatic carbocycles. The standard InChI is InChI=1S/C19H25FN6O/c20-16-10-15(11-21-12-16)13-25-5-1-2-17(14-25)23-18-3-4-22-19(24-18)26-6-8-27-9-7-26/h3-4,10-12,17H,1-2,5-9,13-14H2,(H,22,23,24). The highest BCUT2D eigenvalue weighted by Gasteiger charge is 2.21. The van der Waals surface area contributed by atoms with Crippen LogP contribution in [0.2, 0.25) is 0 Å². The van der Waals surface area contributed by atoms with Crippen LogP contribution in [0.5, 0.6) is 0 Å². The van der Waals surface area contributed by atoms with Crippen molar-refractivity contribution in [1.82, 2.24) is 19.9 Å². The quantitative estimate of drug-likeness (QED) is 0.860. The fourth-order valence-electron chi connectivity index (χ4n) is 3.67. The monoisotopic (exact) mass is 372 g/mol. The minimum atomic E-state index is -0.282. The van der Waals surface area contributed by atoms with Crippen LogP contribution in [0.25, 0.3) is 0 Å². The van der Waals surface area contributed by atoms with Gasteiger partial charge in [0.15, 0.2) is 0 Å². The second-order valence-corrected chi connectivity index (χ2v) is 7.07. The van der Waals surface area contributed by atoms with Crippen molar-refractivity contribution in [2.45, 2.75) is 25.4 Å². The number of hydrogen-bond acceptors (Lipinski definition) is 7. The molecule has 0 bridgehead atoms. The van der Waals surface area contributed by atoms with E-state index in [1.807, 2.05) is 6.07 Å². The highest BCUT2D eigenvalue weighted by molar-refractivity contribution is 5.42. The van der Waals surface area contributed by atoms with Crippen LogP contribution < -0.4 is 10.2 Å². The molecule has 7 nitrogen and oxygen atoms in total. The summed E-state index contributed by atoms with van der Waals surface area (Å²) >= 11 is 0. The van der Waals surface area contributed by atoms with Gasteiger partial charge in [0.05, 0.1) is 19.4 Å². The lowest BCUT2D eigenvalue weighted by atomic mass is 10.1. The third-order valence-corrected chi connectivity index (χ3v) is 4.96. The van der Waals surface area contributed by atoms with Crippen LogP contribution in [0.15, 0.2) is 30.7 Å². The number of aromatic nitrogens is 3. The van der Waals surface area contributed by atoms with Crippen molar-refractivity contribution >= 4 is 11.8 Å². The van der Waals surface area contributed by atoms with E-state index in [1.54, 1.807) is 18.5 Å². The number of anilines is 2. The number of morpholine rings is 1. The molecule has 4 rings (SSSR count). The Kier molecular flexibility index (Phi) is 5.74. The molecular formula is C19H25FN6O. The number of halogens is 1. The Bertz CT molecular complexity index is 754. The fraction of sp³-hybridized carbons (Fsp3) is 0.526. The number of piperidine rings is 1. The maximum absolute atomic E-state index is 13.4. The van der Waals surface area contributed by atoms with Crippen molar-refractivity contribution in [2.75, 3.05) is 49.6 Å². The molecule has 0 amide bonds. The normalized spacial score (nSPS) is 21.2. The van der Waals surface area contributed by atoms with Gasteiger partial charge in [-0.1, -0.05) is 0 Å². The van der Waals surface area contributed by atoms with E-state index in [0.29, 0.717) is 25.8 Å². The van der Waals surface area contributed by atoms with E-state index in [2.05, 4.69) is 30.1 Å². The largest absolute Gasteiger partial charge is 0.378 e. The number of rotatable bonds is 5. The molecule has 0 radical (unpaired) electrons. The summed E-state index contributed by atoms with van der Waals surface area (Å²) in [6, 6.07) is 3.79. The first-order valence-electron chi connectivity index (χ1n) is 9.50. The molecule has 27 heavy (non-hydrogen) atoms. The van der Waals surface area contributed by atoms with Gasteiger partial charge in [0.2, 0.25) is 5.95 Å². The van der Waals surface area contributed by atoms with Gasteiger partial charge in [0.25, 0.3) is 0 Å². The molecule has 1 N–H and O–H groups in total. The summed E-state index contributed by atoms with van der Waals surface area (Å²) in [5, 5.41) is 3.55. The third-order valence-electron chi connectivity index (χ3n) is 4.96. The first-order valence-corrected chi connectivity index (χ1v) is 9.50. The van der Waals surface area contributed by atoms with E-state index >= 15 is 0 Å². The molecule has 0 aromatic carbocycles. The van der Waals surface area contributed by atoms with Crippen molar-refractivity contribution < 1.29 is 9.13 Å². The van der Waals surface area contributed by atoms with Gasteiger partial charge in [0, 0.05) is 44.6 Å². The van der Waals surface area contributed by atoms with Crippen molar-refractivity contribution in [3.63, 3.8) is 0 Å². The molecule has 1 unspecified atom stereocenters. The SMILES string of the molecule is Fc1cncc(CN2CCCC(Nc3ccnc(N4CCOCC4)n3)C2)c1. The molecule has 0 saturated carbocycles. The number of likely N-dealkylation sites (tertiary alicyclic amines) is 1. The maximum atomic E-state index is 13.4.